The summed E-state index contributed by atoms with van der Waals surface area (Å²) in [5.74, 6) is -3.98. The SMILES string of the molecule is CC(=O)Nc1cc(C(=O)O)c(Cl)c2cc[nH]c12.CCCCCCCCCCNCC1(O)CCC(F)(F)CC1. The molecule has 0 unspecified atom stereocenters. The highest BCUT2D eigenvalue weighted by Gasteiger charge is 2.41. The predicted octanol–water partition coefficient (Wildman–Crippen LogP) is 7.14. The first-order chi connectivity index (χ1) is 18.0. The van der Waals surface area contributed by atoms with Crippen molar-refractivity contribution in [1.29, 1.82) is 0 Å². The van der Waals surface area contributed by atoms with Gasteiger partial charge >= 0.3 is 5.97 Å². The summed E-state index contributed by atoms with van der Waals surface area (Å²) in [7, 11) is 0. The Hall–Kier alpha value is -2.23. The summed E-state index contributed by atoms with van der Waals surface area (Å²) in [6.45, 7) is 4.92. The van der Waals surface area contributed by atoms with Gasteiger partial charge in [0.25, 0.3) is 0 Å². The van der Waals surface area contributed by atoms with Gasteiger partial charge in [-0.15, -0.1) is 0 Å². The van der Waals surface area contributed by atoms with E-state index in [1.165, 1.54) is 57.9 Å². The van der Waals surface area contributed by atoms with Crippen LogP contribution in [0.4, 0.5) is 14.5 Å². The number of hydrogen-bond acceptors (Lipinski definition) is 4. The smallest absolute Gasteiger partial charge is 0.337 e. The van der Waals surface area contributed by atoms with Crippen LogP contribution in [0.15, 0.2) is 18.3 Å². The van der Waals surface area contributed by atoms with Gasteiger partial charge in [-0.2, -0.15) is 0 Å². The summed E-state index contributed by atoms with van der Waals surface area (Å²) in [5.41, 5.74) is 0.0546. The van der Waals surface area contributed by atoms with Crippen molar-refractivity contribution in [3.63, 3.8) is 0 Å². The minimum atomic E-state index is -2.57. The van der Waals surface area contributed by atoms with Crippen molar-refractivity contribution in [2.45, 2.75) is 102 Å². The number of nitrogens with one attached hydrogen (secondary N) is 3. The number of rotatable bonds is 13. The van der Waals surface area contributed by atoms with Crippen LogP contribution in [-0.4, -0.2) is 51.7 Å². The molecule has 0 bridgehead atoms. The molecule has 0 atom stereocenters. The van der Waals surface area contributed by atoms with Crippen molar-refractivity contribution >= 4 is 40.1 Å². The maximum atomic E-state index is 13.1. The molecule has 1 aromatic carbocycles. The van der Waals surface area contributed by atoms with E-state index >= 15 is 0 Å². The number of amides is 1. The summed E-state index contributed by atoms with van der Waals surface area (Å²) in [6.07, 6.45) is 12.0. The molecule has 0 spiro atoms. The average Bonchev–Trinajstić information content (AvgIpc) is 3.35. The number of benzene rings is 1. The van der Waals surface area contributed by atoms with E-state index in [0.717, 1.165) is 13.0 Å². The molecule has 0 aliphatic heterocycles. The van der Waals surface area contributed by atoms with Gasteiger partial charge in [0.05, 0.1) is 27.4 Å². The van der Waals surface area contributed by atoms with Crippen molar-refractivity contribution in [3.05, 3.63) is 28.9 Å². The molecule has 1 amide bonds. The van der Waals surface area contributed by atoms with Crippen LogP contribution in [0.3, 0.4) is 0 Å². The van der Waals surface area contributed by atoms with Gasteiger partial charge in [0.1, 0.15) is 0 Å². The lowest BCUT2D eigenvalue weighted by atomic mass is 9.83. The number of aromatic nitrogens is 1. The number of aliphatic hydroxyl groups is 1. The summed E-state index contributed by atoms with van der Waals surface area (Å²) in [6, 6.07) is 3.00. The number of H-pyrrole nitrogens is 1. The van der Waals surface area contributed by atoms with E-state index in [-0.39, 0.29) is 42.2 Å². The van der Waals surface area contributed by atoms with Crippen LogP contribution in [0.2, 0.25) is 5.02 Å². The third-order valence-electron chi connectivity index (χ3n) is 6.89. The van der Waals surface area contributed by atoms with E-state index in [1.807, 2.05) is 0 Å². The Kier molecular flexibility index (Phi) is 12.9. The van der Waals surface area contributed by atoms with E-state index in [9.17, 15) is 23.5 Å². The molecule has 10 heteroatoms. The van der Waals surface area contributed by atoms with Gasteiger partial charge in [-0.25, -0.2) is 13.6 Å². The number of hydrogen-bond donors (Lipinski definition) is 5. The van der Waals surface area contributed by atoms with Gasteiger partial charge < -0.3 is 25.8 Å². The van der Waals surface area contributed by atoms with Gasteiger partial charge in [0, 0.05) is 37.9 Å². The first kappa shape index (κ1) is 32.0. The molecule has 1 aliphatic rings. The summed E-state index contributed by atoms with van der Waals surface area (Å²) in [4.78, 5) is 25.0. The Bertz CT molecular complexity index is 1030. The fourth-order valence-electron chi connectivity index (χ4n) is 4.61. The van der Waals surface area contributed by atoms with Gasteiger partial charge in [-0.1, -0.05) is 63.5 Å². The summed E-state index contributed by atoms with van der Waals surface area (Å²) in [5, 5.41) is 25.8. The zero-order valence-corrected chi connectivity index (χ0v) is 23.2. The van der Waals surface area contributed by atoms with Gasteiger partial charge in [-0.3, -0.25) is 4.79 Å². The molecule has 38 heavy (non-hydrogen) atoms. The summed E-state index contributed by atoms with van der Waals surface area (Å²) < 4.78 is 26.1. The Balaban J connectivity index is 0.000000272. The standard InChI is InChI=1S/C17H33F2NO.C11H9ClN2O3/c1-2-3-4-5-6-7-8-9-14-20-15-16(21)10-12-17(18,19)13-11-16;1-5(15)14-8-4-7(11(16)17)9(12)6-2-3-13-10(6)8/h20-21H,2-15H2,1H3;2-4,13H,1H3,(H,14,15)(H,16,17). The Morgan fingerprint density at radius 1 is 1.05 bits per heavy atom. The molecule has 3 rings (SSSR count). The Morgan fingerprint density at radius 3 is 2.24 bits per heavy atom. The van der Waals surface area contributed by atoms with E-state index in [4.69, 9.17) is 16.7 Å². The second kappa shape index (κ2) is 15.4. The van der Waals surface area contributed by atoms with Crippen LogP contribution in [0.1, 0.15) is 101 Å². The van der Waals surface area contributed by atoms with Crippen LogP contribution >= 0.6 is 11.6 Å². The number of aromatic carboxylic acids is 1. The monoisotopic (exact) mass is 557 g/mol. The number of halogens is 3. The highest BCUT2D eigenvalue weighted by Crippen LogP contribution is 2.38. The molecule has 1 saturated carbocycles. The minimum absolute atomic E-state index is 0.0393. The highest BCUT2D eigenvalue weighted by molar-refractivity contribution is 6.39. The molecular weight excluding hydrogens is 516 g/mol. The number of carbonyl (C=O) groups excluding carboxylic acids is 1. The molecule has 1 aliphatic carbocycles. The Labute approximate surface area is 228 Å². The Morgan fingerprint density at radius 2 is 1.66 bits per heavy atom. The quantitative estimate of drug-likeness (QED) is 0.168. The molecule has 0 saturated heterocycles. The zero-order valence-electron chi connectivity index (χ0n) is 22.5. The van der Waals surface area contributed by atoms with Crippen LogP contribution in [0, 0.1) is 0 Å². The highest BCUT2D eigenvalue weighted by atomic mass is 35.5. The van der Waals surface area contributed by atoms with Crippen LogP contribution in [0.5, 0.6) is 0 Å². The lowest BCUT2D eigenvalue weighted by Crippen LogP contribution is -2.46. The van der Waals surface area contributed by atoms with Crippen molar-refractivity contribution < 1.29 is 28.6 Å². The van der Waals surface area contributed by atoms with E-state index in [0.29, 0.717) is 23.1 Å². The van der Waals surface area contributed by atoms with Crippen molar-refractivity contribution in [1.82, 2.24) is 10.3 Å². The first-order valence-electron chi connectivity index (χ1n) is 13.6. The van der Waals surface area contributed by atoms with Crippen LogP contribution in [-0.2, 0) is 4.79 Å². The second-order valence-electron chi connectivity index (χ2n) is 10.3. The molecule has 7 nitrogen and oxygen atoms in total. The van der Waals surface area contributed by atoms with E-state index in [2.05, 4.69) is 22.5 Å². The number of aromatic amines is 1. The number of alkyl halides is 2. The largest absolute Gasteiger partial charge is 0.478 e. The number of carbonyl (C=O) groups is 2. The van der Waals surface area contributed by atoms with Crippen molar-refractivity contribution in [3.8, 4) is 0 Å². The van der Waals surface area contributed by atoms with Crippen LogP contribution in [0.25, 0.3) is 10.9 Å². The third kappa shape index (κ3) is 10.5. The third-order valence-corrected chi connectivity index (χ3v) is 7.30. The minimum Gasteiger partial charge on any atom is -0.478 e. The molecule has 0 radical (unpaired) electrons. The maximum absolute atomic E-state index is 13.1. The molecule has 5 N–H and O–H groups in total. The van der Waals surface area contributed by atoms with E-state index in [1.54, 1.807) is 12.3 Å². The molecule has 1 fully saturated rings. The number of carboxylic acid groups (broad SMARTS) is 1. The van der Waals surface area contributed by atoms with Crippen molar-refractivity contribution in [2.24, 2.45) is 0 Å². The van der Waals surface area contributed by atoms with Crippen molar-refractivity contribution in [2.75, 3.05) is 18.4 Å². The number of carboxylic acids is 1. The van der Waals surface area contributed by atoms with Crippen LogP contribution < -0.4 is 10.6 Å². The number of unbranched alkanes of at least 4 members (excludes halogenated alkanes) is 7. The number of fused-ring (bicyclic) bond motifs is 1. The van der Waals surface area contributed by atoms with Gasteiger partial charge in [-0.05, 0) is 37.9 Å². The molecule has 214 valence electrons. The van der Waals surface area contributed by atoms with Gasteiger partial charge in [0.15, 0.2) is 0 Å². The molecule has 1 aromatic heterocycles. The molecule has 2 aromatic rings. The average molecular weight is 558 g/mol. The predicted molar refractivity (Wildman–Crippen MR) is 148 cm³/mol. The fraction of sp³-hybridized carbons (Fsp3) is 0.643. The van der Waals surface area contributed by atoms with E-state index < -0.39 is 17.5 Å². The fourth-order valence-corrected chi connectivity index (χ4v) is 4.90. The molecule has 1 heterocycles. The lowest BCUT2D eigenvalue weighted by molar-refractivity contribution is -0.114. The zero-order chi connectivity index (χ0) is 28.2. The summed E-state index contributed by atoms with van der Waals surface area (Å²) >= 11 is 5.97. The molecular formula is C28H42ClF2N3O4. The second-order valence-corrected chi connectivity index (χ2v) is 10.6. The maximum Gasteiger partial charge on any atom is 0.337 e. The lowest BCUT2D eigenvalue weighted by Gasteiger charge is -2.36. The number of anilines is 1. The normalized spacial score (nSPS) is 16.1. The first-order valence-corrected chi connectivity index (χ1v) is 14.0. The van der Waals surface area contributed by atoms with Gasteiger partial charge in [0.2, 0.25) is 11.8 Å². The topological polar surface area (TPSA) is 114 Å².